The smallest absolute Gasteiger partial charge is 0.0170 e. The van der Waals surface area contributed by atoms with Crippen LogP contribution < -0.4 is 5.73 Å². The summed E-state index contributed by atoms with van der Waals surface area (Å²) in [6.45, 7) is 13.4. The molecule has 0 saturated carbocycles. The molecule has 0 aliphatic rings. The molecule has 1 unspecified atom stereocenters. The molecule has 0 aromatic carbocycles. The van der Waals surface area contributed by atoms with Crippen LogP contribution in [0.15, 0.2) is 0 Å². The molecular weight excluding hydrogens is 172 g/mol. The minimum atomic E-state index is 0.337. The molecule has 0 heterocycles. The Labute approximate surface area is 89.9 Å². The number of nitrogens with zero attached hydrogens (tertiary/aromatic N) is 1. The molecule has 0 rings (SSSR count). The normalized spacial score (nSPS) is 14.4. The van der Waals surface area contributed by atoms with Crippen LogP contribution in [-0.4, -0.2) is 30.1 Å². The highest BCUT2D eigenvalue weighted by molar-refractivity contribution is 4.71. The molecule has 0 aliphatic carbocycles. The summed E-state index contributed by atoms with van der Waals surface area (Å²) in [5.74, 6) is 0.709. The van der Waals surface area contributed by atoms with Crippen molar-refractivity contribution in [2.24, 2.45) is 11.7 Å². The average Bonchev–Trinajstić information content (AvgIpc) is 2.01. The van der Waals surface area contributed by atoms with Gasteiger partial charge in [-0.05, 0) is 39.2 Å². The van der Waals surface area contributed by atoms with Gasteiger partial charge in [0.15, 0.2) is 0 Å². The monoisotopic (exact) mass is 200 g/mol. The summed E-state index contributed by atoms with van der Waals surface area (Å²) >= 11 is 0. The topological polar surface area (TPSA) is 29.3 Å². The molecule has 0 bridgehead atoms. The van der Waals surface area contributed by atoms with Crippen LogP contribution in [0.1, 0.15) is 47.5 Å². The Balaban J connectivity index is 3.89. The summed E-state index contributed by atoms with van der Waals surface area (Å²) in [6, 6.07) is 0.956. The fraction of sp³-hybridized carbons (Fsp3) is 1.00. The lowest BCUT2D eigenvalue weighted by Gasteiger charge is -2.29. The van der Waals surface area contributed by atoms with Gasteiger partial charge in [-0.3, -0.25) is 4.90 Å². The Kier molecular flexibility index (Phi) is 7.20. The van der Waals surface area contributed by atoms with E-state index >= 15 is 0 Å². The van der Waals surface area contributed by atoms with Gasteiger partial charge >= 0.3 is 0 Å². The maximum atomic E-state index is 6.10. The van der Waals surface area contributed by atoms with Gasteiger partial charge < -0.3 is 5.73 Å². The number of nitrogens with two attached hydrogens (primary N) is 1. The lowest BCUT2D eigenvalue weighted by Crippen LogP contribution is -2.42. The van der Waals surface area contributed by atoms with E-state index in [2.05, 4.69) is 39.5 Å². The van der Waals surface area contributed by atoms with Crippen LogP contribution in [0.4, 0.5) is 0 Å². The quantitative estimate of drug-likeness (QED) is 0.684. The third-order valence-electron chi connectivity index (χ3n) is 2.48. The standard InChI is InChI=1S/C12H28N2/c1-6-7-14(11(4)5)9-12(13)8-10(2)3/h10-12H,6-9,13H2,1-5H3. The number of hydrogen-bond acceptors (Lipinski definition) is 2. The van der Waals surface area contributed by atoms with Gasteiger partial charge in [0, 0.05) is 18.6 Å². The number of hydrogen-bond donors (Lipinski definition) is 1. The third-order valence-corrected chi connectivity index (χ3v) is 2.48. The lowest BCUT2D eigenvalue weighted by atomic mass is 10.0. The van der Waals surface area contributed by atoms with E-state index in [0.717, 1.165) is 13.0 Å². The van der Waals surface area contributed by atoms with Crippen molar-refractivity contribution in [3.8, 4) is 0 Å². The molecule has 0 aliphatic heterocycles. The molecule has 0 fully saturated rings. The zero-order valence-electron chi connectivity index (χ0n) is 10.6. The fourth-order valence-electron chi connectivity index (χ4n) is 1.83. The second-order valence-electron chi connectivity index (χ2n) is 4.98. The van der Waals surface area contributed by atoms with E-state index in [0.29, 0.717) is 18.0 Å². The van der Waals surface area contributed by atoms with Gasteiger partial charge in [0.05, 0.1) is 0 Å². The largest absolute Gasteiger partial charge is 0.327 e. The van der Waals surface area contributed by atoms with Crippen molar-refractivity contribution in [2.75, 3.05) is 13.1 Å². The Bertz CT molecular complexity index is 132. The zero-order valence-corrected chi connectivity index (χ0v) is 10.6. The highest BCUT2D eigenvalue weighted by Crippen LogP contribution is 2.07. The highest BCUT2D eigenvalue weighted by atomic mass is 15.2. The van der Waals surface area contributed by atoms with Crippen LogP contribution in [0.5, 0.6) is 0 Å². The molecule has 86 valence electrons. The molecule has 0 aromatic rings. The molecule has 0 spiro atoms. The van der Waals surface area contributed by atoms with E-state index < -0.39 is 0 Å². The Morgan fingerprint density at radius 2 is 1.71 bits per heavy atom. The molecule has 2 nitrogen and oxygen atoms in total. The van der Waals surface area contributed by atoms with Crippen LogP contribution in [0.2, 0.25) is 0 Å². The Hall–Kier alpha value is -0.0800. The van der Waals surface area contributed by atoms with Gasteiger partial charge in [-0.2, -0.15) is 0 Å². The maximum absolute atomic E-state index is 6.10. The van der Waals surface area contributed by atoms with Crippen LogP contribution >= 0.6 is 0 Å². The molecule has 2 N–H and O–H groups in total. The predicted octanol–water partition coefficient (Wildman–Crippen LogP) is 2.48. The van der Waals surface area contributed by atoms with Gasteiger partial charge in [-0.25, -0.2) is 0 Å². The fourth-order valence-corrected chi connectivity index (χ4v) is 1.83. The van der Waals surface area contributed by atoms with Gasteiger partial charge in [0.1, 0.15) is 0 Å². The maximum Gasteiger partial charge on any atom is 0.0170 e. The zero-order chi connectivity index (χ0) is 11.1. The van der Waals surface area contributed by atoms with E-state index in [9.17, 15) is 0 Å². The van der Waals surface area contributed by atoms with Crippen molar-refractivity contribution in [3.05, 3.63) is 0 Å². The van der Waals surface area contributed by atoms with Gasteiger partial charge in [-0.15, -0.1) is 0 Å². The molecule has 14 heavy (non-hydrogen) atoms. The van der Waals surface area contributed by atoms with Crippen molar-refractivity contribution >= 4 is 0 Å². The van der Waals surface area contributed by atoms with Crippen molar-refractivity contribution in [1.82, 2.24) is 4.90 Å². The summed E-state index contributed by atoms with van der Waals surface area (Å²) in [6.07, 6.45) is 2.35. The summed E-state index contributed by atoms with van der Waals surface area (Å²) < 4.78 is 0. The predicted molar refractivity (Wildman–Crippen MR) is 64.4 cm³/mol. The summed E-state index contributed by atoms with van der Waals surface area (Å²) in [7, 11) is 0. The molecule has 2 heteroatoms. The summed E-state index contributed by atoms with van der Waals surface area (Å²) in [4.78, 5) is 2.48. The van der Waals surface area contributed by atoms with E-state index in [1.165, 1.54) is 13.0 Å². The van der Waals surface area contributed by atoms with Crippen LogP contribution in [0.25, 0.3) is 0 Å². The summed E-state index contributed by atoms with van der Waals surface area (Å²) in [5, 5.41) is 0. The molecule has 0 aromatic heterocycles. The first-order valence-electron chi connectivity index (χ1n) is 5.97. The number of rotatable bonds is 7. The van der Waals surface area contributed by atoms with Gasteiger partial charge in [0.2, 0.25) is 0 Å². The molecule has 1 atom stereocenters. The molecule has 0 radical (unpaired) electrons. The second-order valence-corrected chi connectivity index (χ2v) is 4.98. The van der Waals surface area contributed by atoms with E-state index in [1.54, 1.807) is 0 Å². The average molecular weight is 200 g/mol. The third kappa shape index (κ3) is 6.39. The van der Waals surface area contributed by atoms with Crippen molar-refractivity contribution in [1.29, 1.82) is 0 Å². The first-order chi connectivity index (χ1) is 6.47. The Morgan fingerprint density at radius 3 is 2.07 bits per heavy atom. The molecular formula is C12H28N2. The minimum absolute atomic E-state index is 0.337. The van der Waals surface area contributed by atoms with Crippen molar-refractivity contribution in [2.45, 2.75) is 59.5 Å². The van der Waals surface area contributed by atoms with E-state index in [-0.39, 0.29) is 0 Å². The van der Waals surface area contributed by atoms with Crippen LogP contribution in [-0.2, 0) is 0 Å². The first-order valence-corrected chi connectivity index (χ1v) is 5.97. The van der Waals surface area contributed by atoms with Crippen molar-refractivity contribution in [3.63, 3.8) is 0 Å². The van der Waals surface area contributed by atoms with E-state index in [4.69, 9.17) is 5.73 Å². The summed E-state index contributed by atoms with van der Waals surface area (Å²) in [5.41, 5.74) is 6.10. The van der Waals surface area contributed by atoms with E-state index in [1.807, 2.05) is 0 Å². The first kappa shape index (κ1) is 13.9. The second kappa shape index (κ2) is 7.24. The Morgan fingerprint density at radius 1 is 1.14 bits per heavy atom. The van der Waals surface area contributed by atoms with Gasteiger partial charge in [-0.1, -0.05) is 20.8 Å². The molecule has 0 saturated heterocycles. The SMILES string of the molecule is CCCN(CC(N)CC(C)C)C(C)C. The highest BCUT2D eigenvalue weighted by Gasteiger charge is 2.13. The van der Waals surface area contributed by atoms with Crippen LogP contribution in [0.3, 0.4) is 0 Å². The van der Waals surface area contributed by atoms with Gasteiger partial charge in [0.25, 0.3) is 0 Å². The molecule has 0 amide bonds. The lowest BCUT2D eigenvalue weighted by molar-refractivity contribution is 0.201. The van der Waals surface area contributed by atoms with Crippen LogP contribution in [0, 0.1) is 5.92 Å². The van der Waals surface area contributed by atoms with Crippen molar-refractivity contribution < 1.29 is 0 Å². The minimum Gasteiger partial charge on any atom is -0.327 e.